The zero-order valence-corrected chi connectivity index (χ0v) is 16.3. The highest BCUT2D eigenvalue weighted by atomic mass is 32.2. The molecular weight excluding hydrogens is 356 g/mol. The SMILES string of the molecule is Cc1cccc(Cn2nc3c(Sc4ccc(C)cc4C)nccn3c2=O)c1. The van der Waals surface area contributed by atoms with Gasteiger partial charge in [-0.2, -0.15) is 0 Å². The van der Waals surface area contributed by atoms with Crippen LogP contribution < -0.4 is 5.69 Å². The molecule has 2 heterocycles. The van der Waals surface area contributed by atoms with Crippen LogP contribution >= 0.6 is 11.8 Å². The molecule has 136 valence electrons. The summed E-state index contributed by atoms with van der Waals surface area (Å²) in [6.07, 6.45) is 3.32. The minimum atomic E-state index is -0.156. The second-order valence-electron chi connectivity index (χ2n) is 6.73. The molecule has 0 spiro atoms. The van der Waals surface area contributed by atoms with Gasteiger partial charge in [0, 0.05) is 17.3 Å². The van der Waals surface area contributed by atoms with Crippen LogP contribution in [-0.2, 0) is 6.54 Å². The molecule has 0 N–H and O–H groups in total. The highest BCUT2D eigenvalue weighted by molar-refractivity contribution is 7.99. The first-order valence-corrected chi connectivity index (χ1v) is 9.58. The summed E-state index contributed by atoms with van der Waals surface area (Å²) in [6, 6.07) is 14.4. The predicted octanol–water partition coefficient (Wildman–Crippen LogP) is 4.02. The van der Waals surface area contributed by atoms with Crippen LogP contribution in [-0.4, -0.2) is 19.2 Å². The van der Waals surface area contributed by atoms with E-state index >= 15 is 0 Å². The van der Waals surface area contributed by atoms with Gasteiger partial charge < -0.3 is 0 Å². The van der Waals surface area contributed by atoms with Crippen molar-refractivity contribution >= 4 is 17.4 Å². The molecule has 0 aliphatic heterocycles. The van der Waals surface area contributed by atoms with E-state index in [1.165, 1.54) is 27.6 Å². The largest absolute Gasteiger partial charge is 0.350 e. The van der Waals surface area contributed by atoms with Crippen LogP contribution in [0.25, 0.3) is 5.65 Å². The Labute approximate surface area is 161 Å². The van der Waals surface area contributed by atoms with Crippen molar-refractivity contribution in [2.24, 2.45) is 0 Å². The van der Waals surface area contributed by atoms with Gasteiger partial charge in [0.15, 0.2) is 5.65 Å². The summed E-state index contributed by atoms with van der Waals surface area (Å²) in [5.41, 5.74) is 5.05. The normalized spacial score (nSPS) is 11.2. The predicted molar refractivity (Wildman–Crippen MR) is 108 cm³/mol. The molecular formula is C21H20N4OS. The van der Waals surface area contributed by atoms with Gasteiger partial charge in [-0.3, -0.25) is 0 Å². The minimum Gasteiger partial charge on any atom is -0.246 e. The third-order valence-corrected chi connectivity index (χ3v) is 5.58. The van der Waals surface area contributed by atoms with Gasteiger partial charge >= 0.3 is 5.69 Å². The number of fused-ring (bicyclic) bond motifs is 1. The van der Waals surface area contributed by atoms with Crippen LogP contribution in [0.3, 0.4) is 0 Å². The Morgan fingerprint density at radius 2 is 1.85 bits per heavy atom. The molecule has 0 aliphatic carbocycles. The number of aryl methyl sites for hydroxylation is 3. The number of rotatable bonds is 4. The Kier molecular flexibility index (Phi) is 4.58. The molecule has 5 nitrogen and oxygen atoms in total. The van der Waals surface area contributed by atoms with Crippen molar-refractivity contribution in [1.82, 2.24) is 19.2 Å². The van der Waals surface area contributed by atoms with Crippen LogP contribution in [0, 0.1) is 20.8 Å². The van der Waals surface area contributed by atoms with Gasteiger partial charge in [-0.15, -0.1) is 5.10 Å². The van der Waals surface area contributed by atoms with Crippen molar-refractivity contribution in [3.05, 3.63) is 87.6 Å². The third kappa shape index (κ3) is 3.53. The van der Waals surface area contributed by atoms with E-state index < -0.39 is 0 Å². The van der Waals surface area contributed by atoms with Gasteiger partial charge in [-0.25, -0.2) is 18.9 Å². The smallest absolute Gasteiger partial charge is 0.246 e. The molecule has 4 rings (SSSR count). The van der Waals surface area contributed by atoms with Crippen LogP contribution in [0.4, 0.5) is 0 Å². The van der Waals surface area contributed by atoms with E-state index in [4.69, 9.17) is 0 Å². The Hall–Kier alpha value is -2.86. The second-order valence-corrected chi connectivity index (χ2v) is 7.76. The first kappa shape index (κ1) is 17.5. The van der Waals surface area contributed by atoms with Crippen molar-refractivity contribution < 1.29 is 0 Å². The lowest BCUT2D eigenvalue weighted by molar-refractivity contribution is 0.658. The van der Waals surface area contributed by atoms with E-state index in [2.05, 4.69) is 48.2 Å². The number of hydrogen-bond acceptors (Lipinski definition) is 4. The molecule has 0 radical (unpaired) electrons. The van der Waals surface area contributed by atoms with Crippen molar-refractivity contribution in [3.8, 4) is 0 Å². The number of benzene rings is 2. The number of hydrogen-bond donors (Lipinski definition) is 0. The van der Waals surface area contributed by atoms with E-state index in [1.807, 2.05) is 25.1 Å². The van der Waals surface area contributed by atoms with Crippen molar-refractivity contribution in [3.63, 3.8) is 0 Å². The van der Waals surface area contributed by atoms with Crippen LogP contribution in [0.2, 0.25) is 0 Å². The summed E-state index contributed by atoms with van der Waals surface area (Å²) in [5, 5.41) is 5.29. The first-order chi connectivity index (χ1) is 13.0. The summed E-state index contributed by atoms with van der Waals surface area (Å²) in [7, 11) is 0. The minimum absolute atomic E-state index is 0.156. The van der Waals surface area contributed by atoms with E-state index in [9.17, 15) is 4.79 Å². The van der Waals surface area contributed by atoms with Gasteiger partial charge in [0.25, 0.3) is 0 Å². The summed E-state index contributed by atoms with van der Waals surface area (Å²) in [6.45, 7) is 6.64. The fourth-order valence-electron chi connectivity index (χ4n) is 3.10. The average molecular weight is 376 g/mol. The zero-order valence-electron chi connectivity index (χ0n) is 15.5. The van der Waals surface area contributed by atoms with E-state index in [-0.39, 0.29) is 5.69 Å². The maximum atomic E-state index is 12.8. The Bertz CT molecular complexity index is 1190. The van der Waals surface area contributed by atoms with Gasteiger partial charge in [-0.05, 0) is 38.0 Å². The molecule has 4 aromatic rings. The Morgan fingerprint density at radius 3 is 2.63 bits per heavy atom. The summed E-state index contributed by atoms with van der Waals surface area (Å²) < 4.78 is 3.06. The fourth-order valence-corrected chi connectivity index (χ4v) is 4.01. The molecule has 2 aromatic heterocycles. The quantitative estimate of drug-likeness (QED) is 0.540. The summed E-state index contributed by atoms with van der Waals surface area (Å²) in [4.78, 5) is 18.3. The second kappa shape index (κ2) is 7.04. The Balaban J connectivity index is 1.74. The fraction of sp³-hybridized carbons (Fsp3) is 0.190. The molecule has 0 amide bonds. The van der Waals surface area contributed by atoms with E-state index in [0.717, 1.165) is 21.0 Å². The first-order valence-electron chi connectivity index (χ1n) is 8.76. The standard InChI is InChI=1S/C21H20N4OS/c1-14-5-4-6-17(12-14)13-25-21(26)24-10-9-22-20(19(24)23-25)27-18-8-7-15(2)11-16(18)3/h4-12H,13H2,1-3H3. The molecule has 27 heavy (non-hydrogen) atoms. The molecule has 0 saturated heterocycles. The molecule has 0 fully saturated rings. The number of aromatic nitrogens is 4. The monoisotopic (exact) mass is 376 g/mol. The highest BCUT2D eigenvalue weighted by Crippen LogP contribution is 2.31. The maximum Gasteiger partial charge on any atom is 0.350 e. The van der Waals surface area contributed by atoms with Crippen molar-refractivity contribution in [2.45, 2.75) is 37.2 Å². The zero-order chi connectivity index (χ0) is 19.0. The molecule has 0 bridgehead atoms. The van der Waals surface area contributed by atoms with Crippen LogP contribution in [0.1, 0.15) is 22.3 Å². The average Bonchev–Trinajstić information content (AvgIpc) is 2.94. The lowest BCUT2D eigenvalue weighted by atomic mass is 10.1. The lowest BCUT2D eigenvalue weighted by Crippen LogP contribution is -2.21. The molecule has 0 atom stereocenters. The van der Waals surface area contributed by atoms with E-state index in [1.54, 1.807) is 16.8 Å². The van der Waals surface area contributed by atoms with Gasteiger partial charge in [0.2, 0.25) is 0 Å². The summed E-state index contributed by atoms with van der Waals surface area (Å²) >= 11 is 1.54. The number of nitrogens with zero attached hydrogens (tertiary/aromatic N) is 4. The lowest BCUT2D eigenvalue weighted by Gasteiger charge is -2.06. The molecule has 2 aromatic carbocycles. The molecule has 0 saturated carbocycles. The van der Waals surface area contributed by atoms with Crippen LogP contribution in [0.15, 0.2) is 69.6 Å². The van der Waals surface area contributed by atoms with Gasteiger partial charge in [-0.1, -0.05) is 59.3 Å². The molecule has 0 unspecified atom stereocenters. The molecule has 0 aliphatic rings. The highest BCUT2D eigenvalue weighted by Gasteiger charge is 2.14. The van der Waals surface area contributed by atoms with Crippen molar-refractivity contribution in [1.29, 1.82) is 0 Å². The third-order valence-electron chi connectivity index (χ3n) is 4.42. The summed E-state index contributed by atoms with van der Waals surface area (Å²) in [5.74, 6) is 0. The van der Waals surface area contributed by atoms with Crippen LogP contribution in [0.5, 0.6) is 0 Å². The van der Waals surface area contributed by atoms with Crippen molar-refractivity contribution in [2.75, 3.05) is 0 Å². The Morgan fingerprint density at radius 1 is 1.04 bits per heavy atom. The van der Waals surface area contributed by atoms with Gasteiger partial charge in [0.1, 0.15) is 5.03 Å². The maximum absolute atomic E-state index is 12.8. The van der Waals surface area contributed by atoms with E-state index in [0.29, 0.717) is 12.2 Å². The molecule has 6 heteroatoms. The van der Waals surface area contributed by atoms with Gasteiger partial charge in [0.05, 0.1) is 6.54 Å². The topological polar surface area (TPSA) is 52.2 Å².